The summed E-state index contributed by atoms with van der Waals surface area (Å²) < 4.78 is 6.46. The van der Waals surface area contributed by atoms with Crippen molar-refractivity contribution in [1.29, 1.82) is 0 Å². The number of furan rings is 1. The van der Waals surface area contributed by atoms with Gasteiger partial charge in [0.25, 0.3) is 11.1 Å². The minimum Gasteiger partial charge on any atom is -0.465 e. The first kappa shape index (κ1) is 11.7. The molecular formula is C15H9N3O3. The summed E-state index contributed by atoms with van der Waals surface area (Å²) in [5, 5.41) is 0.659. The molecule has 1 aromatic carbocycles. The van der Waals surface area contributed by atoms with E-state index in [1.54, 1.807) is 36.4 Å². The fourth-order valence-electron chi connectivity index (χ4n) is 2.35. The van der Waals surface area contributed by atoms with Gasteiger partial charge in [-0.1, -0.05) is 12.1 Å². The Morgan fingerprint density at radius 2 is 2.00 bits per heavy atom. The van der Waals surface area contributed by atoms with Crippen LogP contribution < -0.4 is 16.5 Å². The normalized spacial score (nSPS) is 12.5. The van der Waals surface area contributed by atoms with Crippen molar-refractivity contribution in [2.45, 2.75) is 0 Å². The van der Waals surface area contributed by atoms with Crippen LogP contribution in [0.25, 0.3) is 22.8 Å². The van der Waals surface area contributed by atoms with Crippen LogP contribution in [0.5, 0.6) is 0 Å². The second-order valence-electron chi connectivity index (χ2n) is 4.59. The third-order valence-corrected chi connectivity index (χ3v) is 3.30. The number of benzene rings is 1. The number of nitrogens with zero attached hydrogens (tertiary/aromatic N) is 2. The smallest absolute Gasteiger partial charge is 0.275 e. The Kier molecular flexibility index (Phi) is 2.32. The molecule has 0 aliphatic heterocycles. The average Bonchev–Trinajstić information content (AvgIpc) is 3.09. The molecule has 3 aromatic heterocycles. The first-order valence-electron chi connectivity index (χ1n) is 6.33. The van der Waals surface area contributed by atoms with Gasteiger partial charge in [0.05, 0.1) is 17.2 Å². The molecule has 0 spiro atoms. The van der Waals surface area contributed by atoms with Crippen LogP contribution in [-0.4, -0.2) is 14.4 Å². The molecule has 1 N–H and O–H groups in total. The monoisotopic (exact) mass is 279 g/mol. The van der Waals surface area contributed by atoms with Gasteiger partial charge in [0, 0.05) is 6.08 Å². The largest absolute Gasteiger partial charge is 0.465 e. The van der Waals surface area contributed by atoms with Crippen LogP contribution in [-0.2, 0) is 0 Å². The average molecular weight is 279 g/mol. The van der Waals surface area contributed by atoms with E-state index >= 15 is 0 Å². The molecule has 0 fully saturated rings. The predicted molar refractivity (Wildman–Crippen MR) is 77.1 cm³/mol. The van der Waals surface area contributed by atoms with Gasteiger partial charge in [-0.2, -0.15) is 0 Å². The lowest BCUT2D eigenvalue weighted by Crippen LogP contribution is -2.32. The number of aromatic nitrogens is 3. The molecule has 0 bridgehead atoms. The highest BCUT2D eigenvalue weighted by atomic mass is 16.3. The summed E-state index contributed by atoms with van der Waals surface area (Å²) >= 11 is 0. The molecule has 4 rings (SSSR count). The van der Waals surface area contributed by atoms with E-state index in [0.29, 0.717) is 16.7 Å². The second-order valence-corrected chi connectivity index (χ2v) is 4.59. The summed E-state index contributed by atoms with van der Waals surface area (Å²) in [6.07, 6.45) is 3.02. The summed E-state index contributed by atoms with van der Waals surface area (Å²) in [7, 11) is 0. The van der Waals surface area contributed by atoms with Gasteiger partial charge in [0.2, 0.25) is 5.78 Å². The topological polar surface area (TPSA) is 80.4 Å². The Bertz CT molecular complexity index is 1120. The second kappa shape index (κ2) is 4.17. The van der Waals surface area contributed by atoms with E-state index in [1.165, 1.54) is 16.7 Å². The maximum absolute atomic E-state index is 12.6. The van der Waals surface area contributed by atoms with Gasteiger partial charge in [0.1, 0.15) is 11.1 Å². The maximum atomic E-state index is 12.6. The Morgan fingerprint density at radius 1 is 1.14 bits per heavy atom. The van der Waals surface area contributed by atoms with Crippen LogP contribution in [0.4, 0.5) is 0 Å². The third-order valence-electron chi connectivity index (χ3n) is 3.30. The van der Waals surface area contributed by atoms with Gasteiger partial charge < -0.3 is 4.42 Å². The number of rotatable bonds is 1. The number of para-hydroxylation sites is 1. The summed E-state index contributed by atoms with van der Waals surface area (Å²) in [6.45, 7) is 0. The Labute approximate surface area is 117 Å². The minimum absolute atomic E-state index is 0.197. The number of nitrogens with one attached hydrogen (secondary N) is 1. The van der Waals surface area contributed by atoms with Crippen LogP contribution in [0.2, 0.25) is 0 Å². The van der Waals surface area contributed by atoms with E-state index in [-0.39, 0.29) is 22.2 Å². The molecule has 6 heteroatoms. The standard InChI is InChI=1S/C15H9N3O3/c19-13-12(8-9-4-3-7-21-9)18-14(20)10-5-1-2-6-11(10)16-15(18)17-13/h1-8H,(H,16,17,19)/b12-8+. The van der Waals surface area contributed by atoms with E-state index in [1.807, 2.05) is 0 Å². The molecule has 0 amide bonds. The zero-order valence-electron chi connectivity index (χ0n) is 10.7. The number of fused-ring (bicyclic) bond motifs is 2. The van der Waals surface area contributed by atoms with Crippen molar-refractivity contribution in [2.24, 2.45) is 0 Å². The van der Waals surface area contributed by atoms with Crippen molar-refractivity contribution in [3.05, 3.63) is 74.5 Å². The van der Waals surface area contributed by atoms with Crippen molar-refractivity contribution in [1.82, 2.24) is 14.4 Å². The molecule has 0 saturated heterocycles. The maximum Gasteiger partial charge on any atom is 0.275 e. The van der Waals surface area contributed by atoms with E-state index in [4.69, 9.17) is 4.42 Å². The van der Waals surface area contributed by atoms with Gasteiger partial charge in [-0.3, -0.25) is 14.6 Å². The van der Waals surface area contributed by atoms with Crippen molar-refractivity contribution >= 4 is 22.8 Å². The van der Waals surface area contributed by atoms with Crippen molar-refractivity contribution < 1.29 is 4.42 Å². The quantitative estimate of drug-likeness (QED) is 0.555. The molecule has 0 aliphatic carbocycles. The highest BCUT2D eigenvalue weighted by molar-refractivity contribution is 5.79. The van der Waals surface area contributed by atoms with Gasteiger partial charge in [-0.25, -0.2) is 9.38 Å². The zero-order valence-corrected chi connectivity index (χ0v) is 10.7. The first-order valence-corrected chi connectivity index (χ1v) is 6.33. The molecule has 3 heterocycles. The van der Waals surface area contributed by atoms with E-state index in [9.17, 15) is 9.59 Å². The van der Waals surface area contributed by atoms with E-state index in [0.717, 1.165) is 0 Å². The van der Waals surface area contributed by atoms with E-state index in [2.05, 4.69) is 9.97 Å². The van der Waals surface area contributed by atoms with Gasteiger partial charge in [0.15, 0.2) is 0 Å². The Balaban J connectivity index is 2.23. The Hall–Kier alpha value is -3.15. The molecule has 6 nitrogen and oxygen atoms in total. The van der Waals surface area contributed by atoms with Crippen molar-refractivity contribution in [3.8, 4) is 0 Å². The summed E-state index contributed by atoms with van der Waals surface area (Å²) in [5.41, 5.74) is -0.119. The lowest BCUT2D eigenvalue weighted by Gasteiger charge is -1.97. The van der Waals surface area contributed by atoms with Crippen molar-refractivity contribution in [2.75, 3.05) is 0 Å². The minimum atomic E-state index is -0.383. The molecule has 21 heavy (non-hydrogen) atoms. The molecule has 0 aliphatic rings. The molecule has 0 radical (unpaired) electrons. The first-order chi connectivity index (χ1) is 10.2. The third kappa shape index (κ3) is 1.69. The number of aromatic amines is 1. The molecule has 0 saturated carbocycles. The molecular weight excluding hydrogens is 270 g/mol. The van der Waals surface area contributed by atoms with Crippen molar-refractivity contribution in [3.63, 3.8) is 0 Å². The number of H-pyrrole nitrogens is 1. The molecule has 102 valence electrons. The fourth-order valence-corrected chi connectivity index (χ4v) is 2.35. The van der Waals surface area contributed by atoms with Crippen LogP contribution in [0.3, 0.4) is 0 Å². The van der Waals surface area contributed by atoms with Gasteiger partial charge in [-0.05, 0) is 24.3 Å². The fraction of sp³-hybridized carbons (Fsp3) is 0. The molecule has 4 aromatic rings. The van der Waals surface area contributed by atoms with Crippen LogP contribution >= 0.6 is 0 Å². The molecule has 0 atom stereocenters. The van der Waals surface area contributed by atoms with Crippen LogP contribution in [0, 0.1) is 0 Å². The lowest BCUT2D eigenvalue weighted by atomic mass is 10.2. The lowest BCUT2D eigenvalue weighted by molar-refractivity contribution is 0.556. The number of hydrogen-bond donors (Lipinski definition) is 1. The summed E-state index contributed by atoms with van der Waals surface area (Å²) in [6, 6.07) is 10.4. The van der Waals surface area contributed by atoms with E-state index < -0.39 is 0 Å². The summed E-state index contributed by atoms with van der Waals surface area (Å²) in [4.78, 5) is 31.5. The zero-order chi connectivity index (χ0) is 14.4. The predicted octanol–water partition coefficient (Wildman–Crippen LogP) is 0.677. The highest BCUT2D eigenvalue weighted by Crippen LogP contribution is 2.06. The van der Waals surface area contributed by atoms with Crippen LogP contribution in [0.15, 0.2) is 56.7 Å². The van der Waals surface area contributed by atoms with Crippen LogP contribution in [0.1, 0.15) is 5.76 Å². The highest BCUT2D eigenvalue weighted by Gasteiger charge is 2.10. The number of hydrogen-bond acceptors (Lipinski definition) is 4. The van der Waals surface area contributed by atoms with Gasteiger partial charge in [-0.15, -0.1) is 0 Å². The number of imidazole rings is 1. The summed E-state index contributed by atoms with van der Waals surface area (Å²) in [5.74, 6) is 0.717. The van der Waals surface area contributed by atoms with Gasteiger partial charge >= 0.3 is 0 Å². The Morgan fingerprint density at radius 3 is 2.81 bits per heavy atom. The SMILES string of the molecule is O=c1[nH]c2nc3ccccc3c(=O)n2/c1=C/c1ccco1. The molecule has 0 unspecified atom stereocenters.